The first kappa shape index (κ1) is 16.7. The SMILES string of the molecule is O=C(NCc1ccco1)C1CCN(CC(O)Cn2cccn2)CC1. The number of piperidine rings is 1. The zero-order valence-electron chi connectivity index (χ0n) is 13.7. The fourth-order valence-electron chi connectivity index (χ4n) is 3.09. The summed E-state index contributed by atoms with van der Waals surface area (Å²) >= 11 is 0. The normalized spacial score (nSPS) is 17.7. The fraction of sp³-hybridized carbons (Fsp3) is 0.529. The lowest BCUT2D eigenvalue weighted by Crippen LogP contribution is -2.43. The van der Waals surface area contributed by atoms with E-state index < -0.39 is 6.10 Å². The van der Waals surface area contributed by atoms with E-state index in [0.717, 1.165) is 31.7 Å². The summed E-state index contributed by atoms with van der Waals surface area (Å²) in [6.07, 6.45) is 6.35. The van der Waals surface area contributed by atoms with Crippen molar-refractivity contribution in [3.8, 4) is 0 Å². The fourth-order valence-corrected chi connectivity index (χ4v) is 3.09. The first-order chi connectivity index (χ1) is 11.7. The Bertz CT molecular complexity index is 604. The molecule has 2 N–H and O–H groups in total. The summed E-state index contributed by atoms with van der Waals surface area (Å²) < 4.78 is 6.95. The van der Waals surface area contributed by atoms with Crippen LogP contribution in [0.25, 0.3) is 0 Å². The number of nitrogens with zero attached hydrogens (tertiary/aromatic N) is 3. The van der Waals surface area contributed by atoms with Gasteiger partial charge in [-0.05, 0) is 44.1 Å². The Balaban J connectivity index is 1.36. The third-order valence-corrected chi connectivity index (χ3v) is 4.40. The highest BCUT2D eigenvalue weighted by molar-refractivity contribution is 5.78. The first-order valence-corrected chi connectivity index (χ1v) is 8.38. The molecule has 0 bridgehead atoms. The molecule has 1 amide bonds. The molecule has 0 radical (unpaired) electrons. The van der Waals surface area contributed by atoms with Gasteiger partial charge >= 0.3 is 0 Å². The Morgan fingerprint density at radius 3 is 2.88 bits per heavy atom. The van der Waals surface area contributed by atoms with Crippen molar-refractivity contribution in [3.05, 3.63) is 42.6 Å². The quantitative estimate of drug-likeness (QED) is 0.786. The number of furan rings is 1. The van der Waals surface area contributed by atoms with E-state index in [2.05, 4.69) is 15.3 Å². The highest BCUT2D eigenvalue weighted by Gasteiger charge is 2.26. The van der Waals surface area contributed by atoms with Gasteiger partial charge in [-0.2, -0.15) is 5.10 Å². The summed E-state index contributed by atoms with van der Waals surface area (Å²) in [6, 6.07) is 5.51. The van der Waals surface area contributed by atoms with E-state index in [1.54, 1.807) is 17.1 Å². The largest absolute Gasteiger partial charge is 0.467 e. The minimum absolute atomic E-state index is 0.0412. The Morgan fingerprint density at radius 1 is 1.38 bits per heavy atom. The maximum atomic E-state index is 12.2. The van der Waals surface area contributed by atoms with Gasteiger partial charge in [0.1, 0.15) is 5.76 Å². The average molecular weight is 332 g/mol. The number of hydrogen-bond acceptors (Lipinski definition) is 5. The van der Waals surface area contributed by atoms with Crippen molar-refractivity contribution >= 4 is 5.91 Å². The van der Waals surface area contributed by atoms with E-state index in [9.17, 15) is 9.90 Å². The van der Waals surface area contributed by atoms with Crippen LogP contribution in [0.1, 0.15) is 18.6 Å². The third kappa shape index (κ3) is 4.69. The molecular formula is C17H24N4O3. The molecule has 0 aromatic carbocycles. The van der Waals surface area contributed by atoms with Crippen LogP contribution in [0.5, 0.6) is 0 Å². The van der Waals surface area contributed by atoms with Crippen LogP contribution in [0.15, 0.2) is 41.3 Å². The molecule has 0 saturated carbocycles. The van der Waals surface area contributed by atoms with E-state index in [1.807, 2.05) is 24.4 Å². The molecule has 7 heteroatoms. The van der Waals surface area contributed by atoms with E-state index in [-0.39, 0.29) is 11.8 Å². The maximum Gasteiger partial charge on any atom is 0.223 e. The highest BCUT2D eigenvalue weighted by Crippen LogP contribution is 2.18. The predicted octanol–water partition coefficient (Wildman–Crippen LogP) is 0.865. The van der Waals surface area contributed by atoms with Gasteiger partial charge in [-0.3, -0.25) is 9.48 Å². The van der Waals surface area contributed by atoms with E-state index in [0.29, 0.717) is 19.6 Å². The van der Waals surface area contributed by atoms with Crippen LogP contribution in [0.2, 0.25) is 0 Å². The Labute approximate surface area is 141 Å². The standard InChI is InChI=1S/C17H24N4O3/c22-15(13-21-7-2-6-19-21)12-20-8-4-14(5-9-20)17(23)18-11-16-3-1-10-24-16/h1-3,6-7,10,14-15,22H,4-5,8-9,11-13H2,(H,18,23). The Hall–Kier alpha value is -2.12. The molecule has 2 aromatic heterocycles. The van der Waals surface area contributed by atoms with Gasteiger partial charge in [0.15, 0.2) is 0 Å². The van der Waals surface area contributed by atoms with Crippen molar-refractivity contribution in [1.82, 2.24) is 20.0 Å². The summed E-state index contributed by atoms with van der Waals surface area (Å²) in [7, 11) is 0. The second kappa shape index (κ2) is 8.12. The van der Waals surface area contributed by atoms with Crippen LogP contribution in [-0.2, 0) is 17.9 Å². The molecule has 1 atom stereocenters. The van der Waals surface area contributed by atoms with Gasteiger partial charge in [-0.15, -0.1) is 0 Å². The second-order valence-electron chi connectivity index (χ2n) is 6.25. The van der Waals surface area contributed by atoms with Crippen LogP contribution in [0.4, 0.5) is 0 Å². The number of amides is 1. The second-order valence-corrected chi connectivity index (χ2v) is 6.25. The number of nitrogens with one attached hydrogen (secondary N) is 1. The minimum atomic E-state index is -0.450. The summed E-state index contributed by atoms with van der Waals surface area (Å²) in [5, 5.41) is 17.2. The number of aliphatic hydroxyl groups excluding tert-OH is 1. The summed E-state index contributed by atoms with van der Waals surface area (Å²) in [5.74, 6) is 0.894. The number of rotatable bonds is 7. The maximum absolute atomic E-state index is 12.2. The molecule has 7 nitrogen and oxygen atoms in total. The molecular weight excluding hydrogens is 308 g/mol. The number of carbonyl (C=O) groups is 1. The molecule has 2 aromatic rings. The van der Waals surface area contributed by atoms with Gasteiger partial charge in [0.25, 0.3) is 0 Å². The van der Waals surface area contributed by atoms with Crippen LogP contribution >= 0.6 is 0 Å². The molecule has 130 valence electrons. The molecule has 24 heavy (non-hydrogen) atoms. The molecule has 1 aliphatic heterocycles. The van der Waals surface area contributed by atoms with E-state index in [4.69, 9.17) is 4.42 Å². The molecule has 1 saturated heterocycles. The lowest BCUT2D eigenvalue weighted by Gasteiger charge is -2.32. The number of aliphatic hydroxyl groups is 1. The molecule has 1 unspecified atom stereocenters. The first-order valence-electron chi connectivity index (χ1n) is 8.38. The van der Waals surface area contributed by atoms with E-state index in [1.165, 1.54) is 0 Å². The van der Waals surface area contributed by atoms with Gasteiger partial charge in [0.05, 0.1) is 25.5 Å². The van der Waals surface area contributed by atoms with Crippen molar-refractivity contribution in [1.29, 1.82) is 0 Å². The number of β-amino-alcohol motifs (C(OH)–C–C–N with tert-alkyl or cyclic N) is 1. The summed E-state index contributed by atoms with van der Waals surface area (Å²) in [4.78, 5) is 14.4. The van der Waals surface area contributed by atoms with Crippen molar-refractivity contribution in [3.63, 3.8) is 0 Å². The molecule has 0 aliphatic carbocycles. The number of hydrogen-bond donors (Lipinski definition) is 2. The summed E-state index contributed by atoms with van der Waals surface area (Å²) in [5.41, 5.74) is 0. The molecule has 1 fully saturated rings. The lowest BCUT2D eigenvalue weighted by molar-refractivity contribution is -0.126. The number of carbonyl (C=O) groups excluding carboxylic acids is 1. The smallest absolute Gasteiger partial charge is 0.223 e. The van der Waals surface area contributed by atoms with Gasteiger partial charge in [-0.1, -0.05) is 0 Å². The topological polar surface area (TPSA) is 83.5 Å². The average Bonchev–Trinajstić information content (AvgIpc) is 3.27. The zero-order chi connectivity index (χ0) is 16.8. The summed E-state index contributed by atoms with van der Waals surface area (Å²) in [6.45, 7) is 3.20. The van der Waals surface area contributed by atoms with Crippen LogP contribution in [-0.4, -0.2) is 51.4 Å². The third-order valence-electron chi connectivity index (χ3n) is 4.40. The van der Waals surface area contributed by atoms with Crippen molar-refractivity contribution in [2.75, 3.05) is 19.6 Å². The van der Waals surface area contributed by atoms with Crippen LogP contribution < -0.4 is 5.32 Å². The molecule has 3 rings (SSSR count). The highest BCUT2D eigenvalue weighted by atomic mass is 16.3. The predicted molar refractivity (Wildman–Crippen MR) is 88.0 cm³/mol. The number of likely N-dealkylation sites (tertiary alicyclic amines) is 1. The van der Waals surface area contributed by atoms with Crippen LogP contribution in [0, 0.1) is 5.92 Å². The van der Waals surface area contributed by atoms with Crippen molar-refractivity contribution < 1.29 is 14.3 Å². The van der Waals surface area contributed by atoms with Crippen molar-refractivity contribution in [2.24, 2.45) is 5.92 Å². The molecule has 0 spiro atoms. The Morgan fingerprint density at radius 2 is 2.21 bits per heavy atom. The van der Waals surface area contributed by atoms with Crippen molar-refractivity contribution in [2.45, 2.75) is 32.0 Å². The molecule has 3 heterocycles. The van der Waals surface area contributed by atoms with Crippen LogP contribution in [0.3, 0.4) is 0 Å². The Kier molecular flexibility index (Phi) is 5.66. The van der Waals surface area contributed by atoms with Gasteiger partial charge in [0, 0.05) is 24.9 Å². The van der Waals surface area contributed by atoms with Gasteiger partial charge in [-0.25, -0.2) is 0 Å². The van der Waals surface area contributed by atoms with Gasteiger partial charge in [0.2, 0.25) is 5.91 Å². The zero-order valence-corrected chi connectivity index (χ0v) is 13.7. The van der Waals surface area contributed by atoms with E-state index >= 15 is 0 Å². The van der Waals surface area contributed by atoms with Gasteiger partial charge < -0.3 is 19.7 Å². The monoisotopic (exact) mass is 332 g/mol. The number of aromatic nitrogens is 2. The molecule has 1 aliphatic rings. The minimum Gasteiger partial charge on any atom is -0.467 e. The lowest BCUT2D eigenvalue weighted by atomic mass is 9.95.